The third kappa shape index (κ3) is 5.30. The van der Waals surface area contributed by atoms with Crippen LogP contribution in [0.1, 0.15) is 119 Å². The van der Waals surface area contributed by atoms with Gasteiger partial charge in [0.25, 0.3) is 0 Å². The van der Waals surface area contributed by atoms with Crippen molar-refractivity contribution in [1.29, 1.82) is 0 Å². The van der Waals surface area contributed by atoms with E-state index in [2.05, 4.69) is 221 Å². The summed E-state index contributed by atoms with van der Waals surface area (Å²) in [4.78, 5) is 5.19. The van der Waals surface area contributed by atoms with E-state index in [1.807, 2.05) is 0 Å². The summed E-state index contributed by atoms with van der Waals surface area (Å²) >= 11 is 0. The van der Waals surface area contributed by atoms with E-state index >= 15 is 0 Å². The summed E-state index contributed by atoms with van der Waals surface area (Å²) in [6, 6.07) is 47.9. The highest BCUT2D eigenvalue weighted by Crippen LogP contribution is 2.58. The van der Waals surface area contributed by atoms with E-state index in [4.69, 9.17) is 0 Å². The van der Waals surface area contributed by atoms with Crippen molar-refractivity contribution in [3.05, 3.63) is 171 Å². The Balaban J connectivity index is 1.16. The molecule has 0 saturated carbocycles. The average Bonchev–Trinajstić information content (AvgIpc) is 3.57. The van der Waals surface area contributed by atoms with Gasteiger partial charge in [0.05, 0.1) is 22.7 Å². The van der Waals surface area contributed by atoms with Crippen molar-refractivity contribution in [3.8, 4) is 22.3 Å². The molecule has 7 aromatic carbocycles. The number of nitrogens with zero attached hydrogens (tertiary/aromatic N) is 2. The Bertz CT molecular complexity index is 3070. The predicted octanol–water partition coefficient (Wildman–Crippen LogP) is 13.9. The lowest BCUT2D eigenvalue weighted by Crippen LogP contribution is -2.59. The lowest BCUT2D eigenvalue weighted by Gasteiger charge is -2.46. The van der Waals surface area contributed by atoms with Crippen molar-refractivity contribution in [2.24, 2.45) is 0 Å². The van der Waals surface area contributed by atoms with E-state index in [0.717, 1.165) is 0 Å². The van der Waals surface area contributed by atoms with Crippen molar-refractivity contribution in [2.45, 2.75) is 112 Å². The Morgan fingerprint density at radius 2 is 0.935 bits per heavy atom. The topological polar surface area (TPSA) is 6.48 Å². The zero-order valence-corrected chi connectivity index (χ0v) is 39.0. The summed E-state index contributed by atoms with van der Waals surface area (Å²) in [5, 5.41) is 0. The van der Waals surface area contributed by atoms with Gasteiger partial charge in [-0.2, -0.15) is 0 Å². The van der Waals surface area contributed by atoms with Crippen LogP contribution in [-0.2, 0) is 21.7 Å². The maximum absolute atomic E-state index is 2.63. The van der Waals surface area contributed by atoms with Crippen molar-refractivity contribution < 1.29 is 0 Å². The molecule has 0 unspecified atom stereocenters. The van der Waals surface area contributed by atoms with E-state index in [1.165, 1.54) is 123 Å². The van der Waals surface area contributed by atoms with Crippen LogP contribution in [0.25, 0.3) is 22.3 Å². The second-order valence-corrected chi connectivity index (χ2v) is 22.1. The summed E-state index contributed by atoms with van der Waals surface area (Å²) < 4.78 is 0. The molecule has 3 heteroatoms. The van der Waals surface area contributed by atoms with Gasteiger partial charge in [0, 0.05) is 22.2 Å². The van der Waals surface area contributed by atoms with Crippen molar-refractivity contribution in [3.63, 3.8) is 0 Å². The summed E-state index contributed by atoms with van der Waals surface area (Å²) in [6.45, 7) is 30.6. The molecule has 2 aliphatic heterocycles. The second kappa shape index (κ2) is 12.7. The van der Waals surface area contributed by atoms with Crippen LogP contribution < -0.4 is 26.2 Å². The number of benzene rings is 7. The van der Waals surface area contributed by atoms with E-state index in [9.17, 15) is 0 Å². The molecule has 11 rings (SSSR count). The van der Waals surface area contributed by atoms with Crippen molar-refractivity contribution in [1.82, 2.24) is 0 Å². The molecule has 62 heavy (non-hydrogen) atoms. The molecular weight excluding hydrogens is 747 g/mol. The zero-order valence-electron chi connectivity index (χ0n) is 39.0. The Labute approximate surface area is 370 Å². The van der Waals surface area contributed by atoms with Crippen LogP contribution in [0.3, 0.4) is 0 Å². The van der Waals surface area contributed by atoms with Gasteiger partial charge < -0.3 is 9.80 Å². The van der Waals surface area contributed by atoms with Gasteiger partial charge in [-0.05, 0) is 135 Å². The molecule has 0 atom stereocenters. The molecule has 2 heterocycles. The quantitative estimate of drug-likeness (QED) is 0.161. The van der Waals surface area contributed by atoms with Gasteiger partial charge in [0.2, 0.25) is 6.71 Å². The van der Waals surface area contributed by atoms with E-state index < -0.39 is 0 Å². The Kier molecular flexibility index (Phi) is 7.98. The van der Waals surface area contributed by atoms with Crippen molar-refractivity contribution >= 4 is 57.2 Å². The Morgan fingerprint density at radius 3 is 1.52 bits per heavy atom. The largest absolute Gasteiger partial charge is 0.307 e. The summed E-state index contributed by atoms with van der Waals surface area (Å²) in [7, 11) is 0. The molecule has 4 aliphatic rings. The van der Waals surface area contributed by atoms with Crippen LogP contribution in [0.5, 0.6) is 0 Å². The average molecular weight is 807 g/mol. The van der Waals surface area contributed by atoms with Crippen LogP contribution in [0, 0.1) is 20.8 Å². The SMILES string of the molecule is Cc1cc(C)c(B2c3cc4c(cc3N3c5ccccc5N(c5ccc6c(c5)C(C)(C)c5cc(C(C)(C)C)ccc5-6)c5cccc2c53)C(C)(C)c2cc(C(C)(C)C)ccc2-4)c(C)c1. The predicted molar refractivity (Wildman–Crippen MR) is 267 cm³/mol. The first-order chi connectivity index (χ1) is 29.3. The molecule has 2 nitrogen and oxygen atoms in total. The fourth-order valence-corrected chi connectivity index (χ4v) is 12.0. The van der Waals surface area contributed by atoms with Gasteiger partial charge in [0.15, 0.2) is 0 Å². The molecule has 0 aromatic heterocycles. The summed E-state index contributed by atoms with van der Waals surface area (Å²) in [6.07, 6.45) is 0. The third-order valence-electron chi connectivity index (χ3n) is 15.2. The van der Waals surface area contributed by atoms with Crippen LogP contribution in [0.15, 0.2) is 121 Å². The Hall–Kier alpha value is -5.80. The van der Waals surface area contributed by atoms with Gasteiger partial charge in [0.1, 0.15) is 0 Å². The van der Waals surface area contributed by atoms with Gasteiger partial charge in [-0.15, -0.1) is 0 Å². The minimum absolute atomic E-state index is 0.0562. The number of anilines is 6. The molecule has 2 aliphatic carbocycles. The third-order valence-corrected chi connectivity index (χ3v) is 15.2. The number of para-hydroxylation sites is 3. The van der Waals surface area contributed by atoms with E-state index in [-0.39, 0.29) is 28.4 Å². The maximum atomic E-state index is 2.63. The lowest BCUT2D eigenvalue weighted by atomic mass is 9.33. The van der Waals surface area contributed by atoms with Gasteiger partial charge in [-0.3, -0.25) is 0 Å². The molecule has 0 fully saturated rings. The molecule has 0 amide bonds. The van der Waals surface area contributed by atoms with Crippen LogP contribution in [-0.4, -0.2) is 6.71 Å². The smallest absolute Gasteiger partial charge is 0.247 e. The highest BCUT2D eigenvalue weighted by atomic mass is 15.3. The van der Waals surface area contributed by atoms with E-state index in [1.54, 1.807) is 0 Å². The first kappa shape index (κ1) is 39.1. The molecular formula is C59H59BN2. The monoisotopic (exact) mass is 806 g/mol. The normalized spacial score (nSPS) is 16.0. The van der Waals surface area contributed by atoms with Gasteiger partial charge >= 0.3 is 0 Å². The number of hydrogen-bond donors (Lipinski definition) is 0. The molecule has 7 aromatic rings. The summed E-state index contributed by atoms with van der Waals surface area (Å²) in [5.74, 6) is 0. The van der Waals surface area contributed by atoms with Crippen LogP contribution in [0.4, 0.5) is 34.1 Å². The van der Waals surface area contributed by atoms with Gasteiger partial charge in [-0.25, -0.2) is 0 Å². The fraction of sp³-hybridized carbons (Fsp3) is 0.288. The standard InChI is InChI=1S/C59H59BN2/c1-34-27-35(2)54(36(3)28-34)60-48-17-16-20-52-55(48)62(53-33-47-43(32-49(53)60)42-25-22-38(57(7,8)9)30-45(42)59(47,12)13)51-19-15-14-18-50(51)61(52)39-23-26-41-40-24-21-37(56(4,5)6)29-44(40)58(10,11)46(41)31-39/h14-33H,1-13H3. The second-order valence-electron chi connectivity index (χ2n) is 22.1. The number of fused-ring (bicyclic) bond motifs is 10. The molecule has 0 saturated heterocycles. The fourth-order valence-electron chi connectivity index (χ4n) is 12.0. The highest BCUT2D eigenvalue weighted by Gasteiger charge is 2.46. The molecule has 0 N–H and O–H groups in total. The minimum Gasteiger partial charge on any atom is -0.307 e. The molecule has 0 radical (unpaired) electrons. The number of rotatable bonds is 2. The highest BCUT2D eigenvalue weighted by molar-refractivity contribution is 6.98. The van der Waals surface area contributed by atoms with Crippen LogP contribution in [0.2, 0.25) is 0 Å². The molecule has 308 valence electrons. The van der Waals surface area contributed by atoms with Crippen LogP contribution >= 0.6 is 0 Å². The minimum atomic E-state index is -0.157. The van der Waals surface area contributed by atoms with Crippen molar-refractivity contribution in [2.75, 3.05) is 9.80 Å². The number of hydrogen-bond acceptors (Lipinski definition) is 2. The zero-order chi connectivity index (χ0) is 43.6. The van der Waals surface area contributed by atoms with E-state index in [0.29, 0.717) is 0 Å². The molecule has 0 spiro atoms. The number of aryl methyl sites for hydroxylation is 3. The molecule has 0 bridgehead atoms. The first-order valence-corrected chi connectivity index (χ1v) is 22.8. The first-order valence-electron chi connectivity index (χ1n) is 22.8. The lowest BCUT2D eigenvalue weighted by molar-refractivity contribution is 0.584. The Morgan fingerprint density at radius 1 is 0.435 bits per heavy atom. The van der Waals surface area contributed by atoms with Gasteiger partial charge in [-0.1, -0.05) is 176 Å². The maximum Gasteiger partial charge on any atom is 0.247 e. The summed E-state index contributed by atoms with van der Waals surface area (Å²) in [5.41, 5.74) is 29.3.